The monoisotopic (exact) mass is 626 g/mol. The molecule has 266 valence electrons. The van der Waals surface area contributed by atoms with E-state index in [2.05, 4.69) is 13.8 Å². The van der Waals surface area contributed by atoms with Crippen LogP contribution in [0.4, 0.5) is 0 Å². The lowest BCUT2D eigenvalue weighted by Gasteiger charge is -2.35. The van der Waals surface area contributed by atoms with E-state index in [9.17, 15) is 0 Å². The second kappa shape index (κ2) is 35.7. The Morgan fingerprint density at radius 1 is 0.432 bits per heavy atom. The highest BCUT2D eigenvalue weighted by atomic mass is 16.5. The first kappa shape index (κ1) is 43.8. The van der Waals surface area contributed by atoms with Crippen molar-refractivity contribution in [2.45, 2.75) is 218 Å². The van der Waals surface area contributed by atoms with Gasteiger partial charge in [0.25, 0.3) is 0 Å². The van der Waals surface area contributed by atoms with Crippen LogP contribution in [0.3, 0.4) is 0 Å². The maximum Gasteiger partial charge on any atom is 0.0481 e. The molecule has 5 heteroatoms. The Morgan fingerprint density at radius 3 is 1.11 bits per heavy atom. The van der Waals surface area contributed by atoms with Gasteiger partial charge >= 0.3 is 0 Å². The Morgan fingerprint density at radius 2 is 0.750 bits per heavy atom. The molecular weight excluding hydrogens is 542 g/mol. The van der Waals surface area contributed by atoms with Crippen molar-refractivity contribution < 1.29 is 9.47 Å². The molecule has 0 saturated heterocycles. The molecule has 0 spiro atoms. The Bertz CT molecular complexity index is 535. The van der Waals surface area contributed by atoms with E-state index in [1.807, 2.05) is 0 Å². The zero-order valence-electron chi connectivity index (χ0n) is 30.4. The highest BCUT2D eigenvalue weighted by Crippen LogP contribution is 2.20. The fourth-order valence-electron chi connectivity index (χ4n) is 6.41. The number of unbranched alkanes of at least 4 members (excludes halogenated alkanes) is 24. The first-order chi connectivity index (χ1) is 21.6. The molecule has 0 aromatic rings. The lowest BCUT2D eigenvalue weighted by molar-refractivity contribution is 0.104. The van der Waals surface area contributed by atoms with E-state index < -0.39 is 5.54 Å². The molecule has 0 bridgehead atoms. The molecule has 0 aliphatic heterocycles. The number of hydrogen-bond acceptors (Lipinski definition) is 5. The molecule has 6 N–H and O–H groups in total. The van der Waals surface area contributed by atoms with E-state index in [1.54, 1.807) is 0 Å². The van der Waals surface area contributed by atoms with Gasteiger partial charge < -0.3 is 26.7 Å². The van der Waals surface area contributed by atoms with Gasteiger partial charge in [0.2, 0.25) is 0 Å². The highest BCUT2D eigenvalue weighted by molar-refractivity contribution is 4.94. The molecule has 44 heavy (non-hydrogen) atoms. The SMILES string of the molecule is CCCCCCCCCCCCCCCCOCCC(N)C(N)(CCN)CCCOCCCCCCCCCCCCCC. The van der Waals surface area contributed by atoms with Crippen molar-refractivity contribution in [3.8, 4) is 0 Å². The van der Waals surface area contributed by atoms with Gasteiger partial charge in [-0.3, -0.25) is 0 Å². The maximum absolute atomic E-state index is 6.77. The number of ether oxygens (including phenoxy) is 2. The lowest BCUT2D eigenvalue weighted by atomic mass is 9.82. The van der Waals surface area contributed by atoms with Crippen molar-refractivity contribution in [3.63, 3.8) is 0 Å². The van der Waals surface area contributed by atoms with E-state index in [4.69, 9.17) is 26.7 Å². The largest absolute Gasteiger partial charge is 0.381 e. The third kappa shape index (κ3) is 30.5. The van der Waals surface area contributed by atoms with Crippen LogP contribution in [0.15, 0.2) is 0 Å². The maximum atomic E-state index is 6.77. The fraction of sp³-hybridized carbons (Fsp3) is 1.00. The van der Waals surface area contributed by atoms with Gasteiger partial charge in [-0.05, 0) is 45.1 Å². The van der Waals surface area contributed by atoms with Crippen LogP contribution < -0.4 is 17.2 Å². The second-order valence-electron chi connectivity index (χ2n) is 14.0. The standard InChI is InChI=1S/C39H83N3O2/c1-3-5-7-9-11-13-15-17-18-20-22-24-26-28-35-44-37-30-38(41)39(42,32-33-40)31-29-36-43-34-27-25-23-21-19-16-14-12-10-8-6-4-2/h38H,3-37,40-42H2,1-2H3. The van der Waals surface area contributed by atoms with Gasteiger partial charge in [0.1, 0.15) is 0 Å². The predicted molar refractivity (Wildman–Crippen MR) is 195 cm³/mol. The zero-order valence-corrected chi connectivity index (χ0v) is 30.4. The van der Waals surface area contributed by atoms with E-state index in [0.717, 1.165) is 51.9 Å². The summed E-state index contributed by atoms with van der Waals surface area (Å²) in [5.41, 5.74) is 18.8. The fourth-order valence-corrected chi connectivity index (χ4v) is 6.41. The van der Waals surface area contributed by atoms with Crippen LogP contribution in [0.1, 0.15) is 206 Å². The molecule has 0 aliphatic carbocycles. The molecule has 0 saturated carbocycles. The lowest BCUT2D eigenvalue weighted by Crippen LogP contribution is -2.56. The molecule has 0 rings (SSSR count). The van der Waals surface area contributed by atoms with Gasteiger partial charge in [0.15, 0.2) is 0 Å². The Balaban J connectivity index is 3.60. The summed E-state index contributed by atoms with van der Waals surface area (Å²) in [4.78, 5) is 0. The van der Waals surface area contributed by atoms with Gasteiger partial charge in [0.05, 0.1) is 0 Å². The molecule has 2 unspecified atom stereocenters. The summed E-state index contributed by atoms with van der Waals surface area (Å²) in [7, 11) is 0. The van der Waals surface area contributed by atoms with E-state index in [-0.39, 0.29) is 6.04 Å². The summed E-state index contributed by atoms with van der Waals surface area (Å²) >= 11 is 0. The predicted octanol–water partition coefficient (Wildman–Crippen LogP) is 10.7. The minimum Gasteiger partial charge on any atom is -0.381 e. The highest BCUT2D eigenvalue weighted by Gasteiger charge is 2.31. The summed E-state index contributed by atoms with van der Waals surface area (Å²) in [5.74, 6) is 0. The van der Waals surface area contributed by atoms with Gasteiger partial charge in [-0.1, -0.05) is 168 Å². The topological polar surface area (TPSA) is 96.5 Å². The summed E-state index contributed by atoms with van der Waals surface area (Å²) in [6, 6.07) is -0.0845. The average Bonchev–Trinajstić information content (AvgIpc) is 3.02. The third-order valence-electron chi connectivity index (χ3n) is 9.64. The Kier molecular flexibility index (Phi) is 35.5. The van der Waals surface area contributed by atoms with Crippen LogP contribution in [0.25, 0.3) is 0 Å². The molecular formula is C39H83N3O2. The zero-order chi connectivity index (χ0) is 32.2. The molecule has 0 aromatic heterocycles. The number of rotatable bonds is 38. The van der Waals surface area contributed by atoms with Gasteiger partial charge in [0, 0.05) is 38.0 Å². The van der Waals surface area contributed by atoms with Crippen LogP contribution in [-0.2, 0) is 9.47 Å². The van der Waals surface area contributed by atoms with Crippen LogP contribution in [-0.4, -0.2) is 44.6 Å². The molecule has 0 heterocycles. The average molecular weight is 626 g/mol. The quantitative estimate of drug-likeness (QED) is 0.0593. The minimum absolute atomic E-state index is 0.0845. The third-order valence-corrected chi connectivity index (χ3v) is 9.64. The number of hydrogen-bond donors (Lipinski definition) is 3. The Hall–Kier alpha value is -0.200. The van der Waals surface area contributed by atoms with E-state index >= 15 is 0 Å². The van der Waals surface area contributed by atoms with Crippen LogP contribution >= 0.6 is 0 Å². The van der Waals surface area contributed by atoms with Gasteiger partial charge in [-0.15, -0.1) is 0 Å². The number of nitrogens with two attached hydrogens (primary N) is 3. The molecule has 0 fully saturated rings. The molecule has 2 atom stereocenters. The first-order valence-corrected chi connectivity index (χ1v) is 20.0. The van der Waals surface area contributed by atoms with Crippen LogP contribution in [0.5, 0.6) is 0 Å². The molecule has 0 radical (unpaired) electrons. The van der Waals surface area contributed by atoms with E-state index in [0.29, 0.717) is 13.2 Å². The van der Waals surface area contributed by atoms with Gasteiger partial charge in [-0.25, -0.2) is 0 Å². The minimum atomic E-state index is -0.424. The van der Waals surface area contributed by atoms with Gasteiger partial charge in [-0.2, -0.15) is 0 Å². The van der Waals surface area contributed by atoms with Crippen LogP contribution in [0, 0.1) is 0 Å². The summed E-state index contributed by atoms with van der Waals surface area (Å²) < 4.78 is 11.9. The first-order valence-electron chi connectivity index (χ1n) is 20.0. The van der Waals surface area contributed by atoms with Crippen molar-refractivity contribution in [2.75, 3.05) is 33.0 Å². The Labute approximate surface area is 277 Å². The summed E-state index contributed by atoms with van der Waals surface area (Å²) in [6.45, 7) is 8.32. The van der Waals surface area contributed by atoms with Crippen molar-refractivity contribution in [1.29, 1.82) is 0 Å². The smallest absolute Gasteiger partial charge is 0.0481 e. The van der Waals surface area contributed by atoms with Crippen molar-refractivity contribution in [1.82, 2.24) is 0 Å². The molecule has 0 aromatic carbocycles. The molecule has 5 nitrogen and oxygen atoms in total. The van der Waals surface area contributed by atoms with E-state index in [1.165, 1.54) is 161 Å². The summed E-state index contributed by atoms with van der Waals surface area (Å²) in [6.07, 6.45) is 39.2. The van der Waals surface area contributed by atoms with Crippen LogP contribution in [0.2, 0.25) is 0 Å². The summed E-state index contributed by atoms with van der Waals surface area (Å²) in [5, 5.41) is 0. The molecule has 0 amide bonds. The van der Waals surface area contributed by atoms with Crippen molar-refractivity contribution in [2.24, 2.45) is 17.2 Å². The second-order valence-corrected chi connectivity index (χ2v) is 14.0. The van der Waals surface area contributed by atoms with Crippen molar-refractivity contribution >= 4 is 0 Å². The molecule has 0 aliphatic rings. The van der Waals surface area contributed by atoms with Crippen molar-refractivity contribution in [3.05, 3.63) is 0 Å². The normalized spacial score (nSPS) is 13.8.